The zero-order chi connectivity index (χ0) is 9.59. The minimum absolute atomic E-state index is 0.0654. The number of amides is 1. The van der Waals surface area contributed by atoms with Crippen LogP contribution in [0.5, 0.6) is 0 Å². The van der Waals surface area contributed by atoms with E-state index < -0.39 is 0 Å². The highest BCUT2D eigenvalue weighted by molar-refractivity contribution is 9.10. The van der Waals surface area contributed by atoms with Gasteiger partial charge in [0.2, 0.25) is 0 Å². The summed E-state index contributed by atoms with van der Waals surface area (Å²) in [6, 6.07) is 1.84. The molecular formula is C8H6BrClN2O. The first kappa shape index (κ1) is 8.97. The number of hydrogen-bond donors (Lipinski definition) is 0. The van der Waals surface area contributed by atoms with Crippen molar-refractivity contribution < 1.29 is 4.79 Å². The maximum absolute atomic E-state index is 11.4. The Balaban J connectivity index is 2.59. The molecule has 0 saturated carbocycles. The van der Waals surface area contributed by atoms with E-state index in [1.807, 2.05) is 6.07 Å². The fourth-order valence-corrected chi connectivity index (χ4v) is 1.82. The molecule has 0 bridgehead atoms. The minimum atomic E-state index is -0.0654. The molecule has 5 heteroatoms. The first-order valence-electron chi connectivity index (χ1n) is 3.70. The van der Waals surface area contributed by atoms with Gasteiger partial charge in [-0.1, -0.05) is 11.6 Å². The molecule has 68 valence electrons. The lowest BCUT2D eigenvalue weighted by molar-refractivity contribution is 0.0812. The maximum Gasteiger partial charge on any atom is 0.272 e. The van der Waals surface area contributed by atoms with Crippen LogP contribution in [0, 0.1) is 0 Å². The van der Waals surface area contributed by atoms with Crippen LogP contribution in [-0.4, -0.2) is 22.8 Å². The predicted molar refractivity (Wildman–Crippen MR) is 52.7 cm³/mol. The number of fused-ring (bicyclic) bond motifs is 1. The van der Waals surface area contributed by atoms with Crippen LogP contribution in [0.1, 0.15) is 16.1 Å². The SMILES string of the molecule is CN1Cc2cc(Br)c(Cl)nc2C1=O. The number of carbonyl (C=O) groups excluding carboxylic acids is 1. The minimum Gasteiger partial charge on any atom is -0.336 e. The summed E-state index contributed by atoms with van der Waals surface area (Å²) in [5.41, 5.74) is 1.39. The van der Waals surface area contributed by atoms with E-state index in [0.29, 0.717) is 17.4 Å². The molecule has 0 N–H and O–H groups in total. The Kier molecular flexibility index (Phi) is 2.04. The predicted octanol–water partition coefficient (Wildman–Crippen LogP) is 2.08. The summed E-state index contributed by atoms with van der Waals surface area (Å²) in [5.74, 6) is -0.0654. The first-order valence-corrected chi connectivity index (χ1v) is 4.87. The summed E-state index contributed by atoms with van der Waals surface area (Å²) in [6.07, 6.45) is 0. The zero-order valence-corrected chi connectivity index (χ0v) is 9.18. The van der Waals surface area contributed by atoms with Crippen molar-refractivity contribution in [3.05, 3.63) is 26.9 Å². The van der Waals surface area contributed by atoms with E-state index in [2.05, 4.69) is 20.9 Å². The lowest BCUT2D eigenvalue weighted by Gasteiger charge is -2.03. The average molecular weight is 262 g/mol. The standard InChI is InChI=1S/C8H6BrClN2O/c1-12-3-4-2-5(9)7(10)11-6(4)8(12)13/h2H,3H2,1H3. The Hall–Kier alpha value is -0.610. The smallest absolute Gasteiger partial charge is 0.272 e. The van der Waals surface area contributed by atoms with Gasteiger partial charge in [-0.2, -0.15) is 0 Å². The fraction of sp³-hybridized carbons (Fsp3) is 0.250. The van der Waals surface area contributed by atoms with Gasteiger partial charge >= 0.3 is 0 Å². The van der Waals surface area contributed by atoms with E-state index in [1.165, 1.54) is 0 Å². The van der Waals surface area contributed by atoms with Crippen molar-refractivity contribution in [3.8, 4) is 0 Å². The molecule has 0 aliphatic carbocycles. The van der Waals surface area contributed by atoms with E-state index >= 15 is 0 Å². The normalized spacial score (nSPS) is 15.0. The van der Waals surface area contributed by atoms with E-state index in [9.17, 15) is 4.79 Å². The highest BCUT2D eigenvalue weighted by atomic mass is 79.9. The molecule has 0 fully saturated rings. The van der Waals surface area contributed by atoms with Gasteiger partial charge in [0.25, 0.3) is 5.91 Å². The van der Waals surface area contributed by atoms with Gasteiger partial charge in [0.15, 0.2) is 0 Å². The van der Waals surface area contributed by atoms with Gasteiger partial charge in [0.1, 0.15) is 10.8 Å². The number of nitrogens with zero attached hydrogens (tertiary/aromatic N) is 2. The molecule has 0 aromatic carbocycles. The van der Waals surface area contributed by atoms with Crippen LogP contribution in [0.15, 0.2) is 10.5 Å². The number of pyridine rings is 1. The molecule has 0 radical (unpaired) electrons. The maximum atomic E-state index is 11.4. The Morgan fingerprint density at radius 2 is 2.38 bits per heavy atom. The highest BCUT2D eigenvalue weighted by Gasteiger charge is 2.26. The third kappa shape index (κ3) is 1.34. The second-order valence-electron chi connectivity index (χ2n) is 2.93. The summed E-state index contributed by atoms with van der Waals surface area (Å²) in [5, 5.41) is 0.336. The van der Waals surface area contributed by atoms with Gasteiger partial charge in [-0.3, -0.25) is 4.79 Å². The number of carbonyl (C=O) groups is 1. The molecule has 1 aliphatic heterocycles. The molecule has 1 aromatic rings. The molecule has 13 heavy (non-hydrogen) atoms. The van der Waals surface area contributed by atoms with Crippen LogP contribution in [-0.2, 0) is 6.54 Å². The highest BCUT2D eigenvalue weighted by Crippen LogP contribution is 2.27. The van der Waals surface area contributed by atoms with Crippen molar-refractivity contribution in [1.82, 2.24) is 9.88 Å². The Morgan fingerprint density at radius 1 is 1.69 bits per heavy atom. The van der Waals surface area contributed by atoms with Crippen LogP contribution < -0.4 is 0 Å². The van der Waals surface area contributed by atoms with Crippen LogP contribution in [0.25, 0.3) is 0 Å². The van der Waals surface area contributed by atoms with Crippen molar-refractivity contribution in [2.24, 2.45) is 0 Å². The van der Waals surface area contributed by atoms with Crippen LogP contribution in [0.4, 0.5) is 0 Å². The van der Waals surface area contributed by atoms with Crippen molar-refractivity contribution in [2.45, 2.75) is 6.54 Å². The van der Waals surface area contributed by atoms with E-state index in [4.69, 9.17) is 11.6 Å². The second kappa shape index (κ2) is 2.96. The van der Waals surface area contributed by atoms with Crippen LogP contribution in [0.3, 0.4) is 0 Å². The van der Waals surface area contributed by atoms with Gasteiger partial charge in [0.05, 0.1) is 4.47 Å². The molecule has 0 unspecified atom stereocenters. The molecule has 1 aliphatic rings. The Bertz CT molecular complexity index is 394. The molecule has 0 spiro atoms. The van der Waals surface area contributed by atoms with Gasteiger partial charge in [-0.15, -0.1) is 0 Å². The summed E-state index contributed by atoms with van der Waals surface area (Å²) in [7, 11) is 1.74. The molecular weight excluding hydrogens is 255 g/mol. The molecule has 3 nitrogen and oxygen atoms in total. The largest absolute Gasteiger partial charge is 0.336 e. The van der Waals surface area contributed by atoms with Gasteiger partial charge in [-0.05, 0) is 22.0 Å². The van der Waals surface area contributed by atoms with Crippen molar-refractivity contribution >= 4 is 33.4 Å². The van der Waals surface area contributed by atoms with Crippen molar-refractivity contribution in [3.63, 3.8) is 0 Å². The van der Waals surface area contributed by atoms with Crippen LogP contribution >= 0.6 is 27.5 Å². The topological polar surface area (TPSA) is 33.2 Å². The second-order valence-corrected chi connectivity index (χ2v) is 4.14. The number of hydrogen-bond acceptors (Lipinski definition) is 2. The third-order valence-electron chi connectivity index (χ3n) is 1.97. The van der Waals surface area contributed by atoms with Gasteiger partial charge in [-0.25, -0.2) is 4.98 Å². The first-order chi connectivity index (χ1) is 6.09. The van der Waals surface area contributed by atoms with E-state index in [-0.39, 0.29) is 5.91 Å². The van der Waals surface area contributed by atoms with Gasteiger partial charge < -0.3 is 4.90 Å². The molecule has 2 rings (SSSR count). The summed E-state index contributed by atoms with van der Waals surface area (Å²) in [4.78, 5) is 17.1. The lowest BCUT2D eigenvalue weighted by Crippen LogP contribution is -2.18. The Morgan fingerprint density at radius 3 is 3.08 bits per heavy atom. The number of aromatic nitrogens is 1. The average Bonchev–Trinajstić information content (AvgIpc) is 2.32. The summed E-state index contributed by atoms with van der Waals surface area (Å²) >= 11 is 9.04. The molecule has 0 atom stereocenters. The van der Waals surface area contributed by atoms with Gasteiger partial charge in [0, 0.05) is 19.2 Å². The summed E-state index contributed by atoms with van der Waals surface area (Å²) < 4.78 is 0.732. The quantitative estimate of drug-likeness (QED) is 0.670. The molecule has 1 amide bonds. The van der Waals surface area contributed by atoms with E-state index in [1.54, 1.807) is 11.9 Å². The molecule has 1 aromatic heterocycles. The number of rotatable bonds is 0. The summed E-state index contributed by atoms with van der Waals surface area (Å²) in [6.45, 7) is 0.608. The van der Waals surface area contributed by atoms with E-state index in [0.717, 1.165) is 10.0 Å². The zero-order valence-electron chi connectivity index (χ0n) is 6.84. The van der Waals surface area contributed by atoms with Crippen molar-refractivity contribution in [1.29, 1.82) is 0 Å². The molecule has 2 heterocycles. The number of halogens is 2. The fourth-order valence-electron chi connectivity index (χ4n) is 1.32. The third-order valence-corrected chi connectivity index (χ3v) is 3.09. The lowest BCUT2D eigenvalue weighted by atomic mass is 10.2. The van der Waals surface area contributed by atoms with Crippen molar-refractivity contribution in [2.75, 3.05) is 7.05 Å². The monoisotopic (exact) mass is 260 g/mol. The van der Waals surface area contributed by atoms with Crippen LogP contribution in [0.2, 0.25) is 5.15 Å². The molecule has 0 saturated heterocycles. The Labute approximate surface area is 88.8 Å².